The summed E-state index contributed by atoms with van der Waals surface area (Å²) in [6.45, 7) is 6.60. The Morgan fingerprint density at radius 1 is 1.19 bits per heavy atom. The maximum absolute atomic E-state index is 12.4. The number of carbonyl (C=O) groups excluding carboxylic acids is 1. The molecule has 2 atom stereocenters. The van der Waals surface area contributed by atoms with Crippen molar-refractivity contribution in [3.63, 3.8) is 0 Å². The number of rotatable bonds is 8. The van der Waals surface area contributed by atoms with Crippen molar-refractivity contribution < 1.29 is 17.9 Å². The molecule has 1 aliphatic heterocycles. The summed E-state index contributed by atoms with van der Waals surface area (Å²) in [7, 11) is -1.84. The molecule has 2 aromatic rings. The number of anilines is 2. The van der Waals surface area contributed by atoms with E-state index in [0.717, 1.165) is 30.8 Å². The fourth-order valence-electron chi connectivity index (χ4n) is 3.77. The predicted molar refractivity (Wildman–Crippen MR) is 129 cm³/mol. The van der Waals surface area contributed by atoms with Crippen LogP contribution in [-0.4, -0.2) is 46.8 Å². The molecule has 1 aliphatic rings. The molecule has 1 saturated heterocycles. The van der Waals surface area contributed by atoms with E-state index < -0.39 is 16.1 Å². The highest BCUT2D eigenvalue weighted by Gasteiger charge is 2.18. The van der Waals surface area contributed by atoms with E-state index in [4.69, 9.17) is 4.74 Å². The second kappa shape index (κ2) is 10.3. The van der Waals surface area contributed by atoms with Crippen molar-refractivity contribution in [3.05, 3.63) is 54.1 Å². The Hall–Kier alpha value is -2.74. The van der Waals surface area contributed by atoms with Crippen molar-refractivity contribution in [2.24, 2.45) is 5.92 Å². The molecule has 0 aromatic heterocycles. The van der Waals surface area contributed by atoms with Crippen molar-refractivity contribution in [1.82, 2.24) is 5.32 Å². The molecular formula is C24H33N3O4S. The highest BCUT2D eigenvalue weighted by Crippen LogP contribution is 2.23. The van der Waals surface area contributed by atoms with Gasteiger partial charge >= 0.3 is 0 Å². The second-order valence-corrected chi connectivity index (χ2v) is 10.6. The largest absolute Gasteiger partial charge is 0.481 e. The number of amides is 1. The van der Waals surface area contributed by atoms with Crippen molar-refractivity contribution in [2.75, 3.05) is 35.6 Å². The minimum atomic E-state index is -3.33. The molecular weight excluding hydrogens is 426 g/mol. The van der Waals surface area contributed by atoms with Crippen LogP contribution in [0.5, 0.6) is 5.75 Å². The maximum Gasteiger partial charge on any atom is 0.261 e. The van der Waals surface area contributed by atoms with Crippen molar-refractivity contribution in [1.29, 1.82) is 0 Å². The number of piperidine rings is 1. The fourth-order valence-corrected chi connectivity index (χ4v) is 4.27. The third kappa shape index (κ3) is 6.38. The zero-order valence-corrected chi connectivity index (χ0v) is 20.1. The van der Waals surface area contributed by atoms with Gasteiger partial charge in [-0.3, -0.25) is 9.10 Å². The molecule has 8 heteroatoms. The molecule has 1 heterocycles. The first-order valence-corrected chi connectivity index (χ1v) is 12.8. The standard InChI is InChI=1S/C24H33N3O4S/c1-18-6-5-15-27(17-18)22-9-7-20(8-10-22)16-25-24(28)19(2)31-23-13-11-21(12-14-23)26(3)32(4,29)30/h7-14,18-19H,5-6,15-17H2,1-4H3,(H,25,28)/t18-,19+/m0/s1. The molecule has 0 aliphatic carbocycles. The molecule has 1 amide bonds. The summed E-state index contributed by atoms with van der Waals surface area (Å²) < 4.78 is 30.1. The van der Waals surface area contributed by atoms with Gasteiger partial charge in [-0.05, 0) is 67.6 Å². The van der Waals surface area contributed by atoms with Crippen LogP contribution >= 0.6 is 0 Å². The first-order valence-electron chi connectivity index (χ1n) is 11.0. The first-order chi connectivity index (χ1) is 15.1. The number of ether oxygens (including phenoxy) is 1. The summed E-state index contributed by atoms with van der Waals surface area (Å²) in [5.41, 5.74) is 2.79. The van der Waals surface area contributed by atoms with Gasteiger partial charge < -0.3 is 15.0 Å². The lowest BCUT2D eigenvalue weighted by atomic mass is 9.99. The van der Waals surface area contributed by atoms with Crippen LogP contribution in [0.15, 0.2) is 48.5 Å². The highest BCUT2D eigenvalue weighted by molar-refractivity contribution is 7.92. The quantitative estimate of drug-likeness (QED) is 0.655. The summed E-state index contributed by atoms with van der Waals surface area (Å²) in [6.07, 6.45) is 2.99. The van der Waals surface area contributed by atoms with Gasteiger partial charge in [0.05, 0.1) is 11.9 Å². The van der Waals surface area contributed by atoms with Crippen LogP contribution in [0.4, 0.5) is 11.4 Å². The summed E-state index contributed by atoms with van der Waals surface area (Å²) in [4.78, 5) is 14.9. The fraction of sp³-hybridized carbons (Fsp3) is 0.458. The molecule has 3 rings (SSSR count). The molecule has 174 valence electrons. The van der Waals surface area contributed by atoms with Gasteiger partial charge in [-0.25, -0.2) is 8.42 Å². The van der Waals surface area contributed by atoms with Crippen LogP contribution in [0.2, 0.25) is 0 Å². The summed E-state index contributed by atoms with van der Waals surface area (Å²) in [5, 5.41) is 2.91. The predicted octanol–water partition coefficient (Wildman–Crippen LogP) is 3.40. The van der Waals surface area contributed by atoms with Gasteiger partial charge in [0, 0.05) is 32.4 Å². The van der Waals surface area contributed by atoms with E-state index in [1.165, 1.54) is 29.9 Å². The summed E-state index contributed by atoms with van der Waals surface area (Å²) >= 11 is 0. The third-order valence-electron chi connectivity index (χ3n) is 5.81. The first kappa shape index (κ1) is 23.9. The van der Waals surface area contributed by atoms with Crippen LogP contribution in [0.1, 0.15) is 32.3 Å². The lowest BCUT2D eigenvalue weighted by molar-refractivity contribution is -0.127. The topological polar surface area (TPSA) is 79.0 Å². The molecule has 0 radical (unpaired) electrons. The Bertz CT molecular complexity index is 1010. The number of carbonyl (C=O) groups is 1. The normalized spacial score (nSPS) is 17.5. The van der Waals surface area contributed by atoms with Crippen LogP contribution in [0, 0.1) is 5.92 Å². The number of hydrogen-bond acceptors (Lipinski definition) is 5. The highest BCUT2D eigenvalue weighted by atomic mass is 32.2. The minimum absolute atomic E-state index is 0.212. The Morgan fingerprint density at radius 3 is 2.44 bits per heavy atom. The van der Waals surface area contributed by atoms with Gasteiger partial charge in [-0.2, -0.15) is 0 Å². The van der Waals surface area contributed by atoms with E-state index >= 15 is 0 Å². The number of nitrogens with one attached hydrogen (secondary N) is 1. The monoisotopic (exact) mass is 459 g/mol. The third-order valence-corrected chi connectivity index (χ3v) is 7.01. The van der Waals surface area contributed by atoms with Crippen LogP contribution in [0.3, 0.4) is 0 Å². The molecule has 0 spiro atoms. The van der Waals surface area contributed by atoms with Gasteiger partial charge in [0.25, 0.3) is 5.91 Å². The minimum Gasteiger partial charge on any atom is -0.481 e. The number of hydrogen-bond donors (Lipinski definition) is 1. The van der Waals surface area contributed by atoms with E-state index in [1.807, 2.05) is 0 Å². The zero-order chi connectivity index (χ0) is 23.3. The molecule has 2 aromatic carbocycles. The van der Waals surface area contributed by atoms with E-state index in [-0.39, 0.29) is 5.91 Å². The molecule has 1 N–H and O–H groups in total. The molecule has 1 fully saturated rings. The number of nitrogens with zero attached hydrogens (tertiary/aromatic N) is 2. The number of sulfonamides is 1. The van der Waals surface area contributed by atoms with Crippen molar-refractivity contribution >= 4 is 27.3 Å². The second-order valence-electron chi connectivity index (χ2n) is 8.56. The van der Waals surface area contributed by atoms with E-state index in [9.17, 15) is 13.2 Å². The Kier molecular flexibility index (Phi) is 7.66. The van der Waals surface area contributed by atoms with E-state index in [2.05, 4.69) is 41.4 Å². The van der Waals surface area contributed by atoms with Gasteiger partial charge in [0.1, 0.15) is 5.75 Å². The lowest BCUT2D eigenvalue weighted by Crippen LogP contribution is -2.36. The van der Waals surface area contributed by atoms with Crippen LogP contribution < -0.4 is 19.3 Å². The molecule has 32 heavy (non-hydrogen) atoms. The van der Waals surface area contributed by atoms with Gasteiger partial charge in [0.15, 0.2) is 6.10 Å². The maximum atomic E-state index is 12.4. The lowest BCUT2D eigenvalue weighted by Gasteiger charge is -2.32. The van der Waals surface area contributed by atoms with Gasteiger partial charge in [-0.1, -0.05) is 19.1 Å². The smallest absolute Gasteiger partial charge is 0.261 e. The molecule has 0 saturated carbocycles. The molecule has 7 nitrogen and oxygen atoms in total. The summed E-state index contributed by atoms with van der Waals surface area (Å²) in [5.74, 6) is 1.01. The molecule has 0 bridgehead atoms. The van der Waals surface area contributed by atoms with E-state index in [1.54, 1.807) is 31.2 Å². The van der Waals surface area contributed by atoms with Crippen LogP contribution in [-0.2, 0) is 21.4 Å². The Balaban J connectivity index is 1.49. The van der Waals surface area contributed by atoms with Crippen molar-refractivity contribution in [3.8, 4) is 5.75 Å². The van der Waals surface area contributed by atoms with Gasteiger partial charge in [-0.15, -0.1) is 0 Å². The van der Waals surface area contributed by atoms with Crippen LogP contribution in [0.25, 0.3) is 0 Å². The van der Waals surface area contributed by atoms with E-state index in [0.29, 0.717) is 18.0 Å². The summed E-state index contributed by atoms with van der Waals surface area (Å²) in [6, 6.07) is 14.9. The number of benzene rings is 2. The van der Waals surface area contributed by atoms with Crippen molar-refractivity contribution in [2.45, 2.75) is 39.3 Å². The zero-order valence-electron chi connectivity index (χ0n) is 19.2. The Morgan fingerprint density at radius 2 is 1.84 bits per heavy atom. The SMILES string of the molecule is C[C@H]1CCCN(c2ccc(CNC(=O)[C@@H](C)Oc3ccc(N(C)S(C)(=O)=O)cc3)cc2)C1. The van der Waals surface area contributed by atoms with Gasteiger partial charge in [0.2, 0.25) is 10.0 Å². The average molecular weight is 460 g/mol. The molecule has 0 unspecified atom stereocenters. The average Bonchev–Trinajstić information content (AvgIpc) is 2.77. The Labute approximate surface area is 191 Å².